The largest absolute Gasteiger partial charge is 0.508 e. The van der Waals surface area contributed by atoms with E-state index >= 15 is 0 Å². The molecular formula is C29H40O. The van der Waals surface area contributed by atoms with Gasteiger partial charge in [-0.1, -0.05) is 19.9 Å². The molecule has 1 aromatic carbocycles. The average molecular weight is 405 g/mol. The van der Waals surface area contributed by atoms with Crippen LogP contribution in [0, 0.1) is 41.4 Å². The number of aryl methyl sites for hydroxylation is 1. The Morgan fingerprint density at radius 2 is 1.10 bits per heavy atom. The lowest BCUT2D eigenvalue weighted by Crippen LogP contribution is -2.53. The molecule has 4 atom stereocenters. The van der Waals surface area contributed by atoms with E-state index in [0.29, 0.717) is 22.0 Å². The number of phenolic OH excluding ortho intramolecular Hbond substituents is 1. The molecule has 0 saturated heterocycles. The molecule has 4 unspecified atom stereocenters. The molecule has 30 heavy (non-hydrogen) atoms. The van der Waals surface area contributed by atoms with Gasteiger partial charge in [0.25, 0.3) is 0 Å². The molecule has 1 N–H and O–H groups in total. The van der Waals surface area contributed by atoms with Crippen LogP contribution in [0.2, 0.25) is 0 Å². The zero-order valence-corrected chi connectivity index (χ0v) is 19.4. The Kier molecular flexibility index (Phi) is 3.40. The summed E-state index contributed by atoms with van der Waals surface area (Å²) in [5, 5.41) is 11.5. The zero-order valence-electron chi connectivity index (χ0n) is 19.4. The summed E-state index contributed by atoms with van der Waals surface area (Å²) in [6.45, 7) is 7.49. The third kappa shape index (κ3) is 2.42. The molecule has 0 heterocycles. The van der Waals surface area contributed by atoms with E-state index < -0.39 is 0 Å². The molecule has 1 nitrogen and oxygen atoms in total. The first-order valence-electron chi connectivity index (χ1n) is 13.0. The minimum absolute atomic E-state index is 0.264. The highest BCUT2D eigenvalue weighted by atomic mass is 16.3. The third-order valence-electron chi connectivity index (χ3n) is 11.2. The van der Waals surface area contributed by atoms with Gasteiger partial charge < -0.3 is 5.11 Å². The van der Waals surface area contributed by atoms with Gasteiger partial charge in [0.15, 0.2) is 0 Å². The molecule has 8 aliphatic rings. The van der Waals surface area contributed by atoms with E-state index in [1.165, 1.54) is 93.7 Å². The summed E-state index contributed by atoms with van der Waals surface area (Å²) in [5.74, 6) is 4.32. The van der Waals surface area contributed by atoms with Gasteiger partial charge in [-0.15, -0.1) is 0 Å². The van der Waals surface area contributed by atoms with Gasteiger partial charge in [-0.05, 0) is 141 Å². The van der Waals surface area contributed by atoms with Crippen molar-refractivity contribution in [2.45, 2.75) is 109 Å². The highest BCUT2D eigenvalue weighted by Gasteiger charge is 2.59. The van der Waals surface area contributed by atoms with Crippen molar-refractivity contribution in [3.63, 3.8) is 0 Å². The van der Waals surface area contributed by atoms with Crippen molar-refractivity contribution in [2.75, 3.05) is 0 Å². The van der Waals surface area contributed by atoms with Gasteiger partial charge in [0.05, 0.1) is 0 Å². The van der Waals surface area contributed by atoms with E-state index in [1.54, 1.807) is 0 Å². The summed E-state index contributed by atoms with van der Waals surface area (Å²) in [7, 11) is 0. The van der Waals surface area contributed by atoms with E-state index in [4.69, 9.17) is 0 Å². The number of aromatic hydroxyl groups is 1. The van der Waals surface area contributed by atoms with Crippen molar-refractivity contribution in [3.05, 3.63) is 28.8 Å². The fraction of sp³-hybridized carbons (Fsp3) is 0.793. The van der Waals surface area contributed by atoms with Crippen LogP contribution >= 0.6 is 0 Å². The van der Waals surface area contributed by atoms with Crippen molar-refractivity contribution in [1.82, 2.24) is 0 Å². The monoisotopic (exact) mass is 404 g/mol. The first kappa shape index (κ1) is 18.6. The highest BCUT2D eigenvalue weighted by molar-refractivity contribution is 5.50. The van der Waals surface area contributed by atoms with Crippen LogP contribution in [0.25, 0.3) is 0 Å². The Hall–Kier alpha value is -0.980. The summed E-state index contributed by atoms with van der Waals surface area (Å²) in [6, 6.07) is 4.78. The van der Waals surface area contributed by atoms with E-state index in [0.717, 1.165) is 23.7 Å². The molecule has 8 saturated carbocycles. The quantitative estimate of drug-likeness (QED) is 0.544. The first-order valence-corrected chi connectivity index (χ1v) is 13.0. The van der Waals surface area contributed by atoms with E-state index in [1.807, 2.05) is 0 Å². The summed E-state index contributed by atoms with van der Waals surface area (Å²) in [5.41, 5.74) is 6.05. The maximum Gasteiger partial charge on any atom is 0.119 e. The normalized spacial score (nSPS) is 52.9. The number of benzene rings is 1. The number of hydrogen-bond donors (Lipinski definition) is 1. The van der Waals surface area contributed by atoms with Gasteiger partial charge in [-0.3, -0.25) is 0 Å². The molecular weight excluding hydrogens is 364 g/mol. The minimum atomic E-state index is 0.264. The fourth-order valence-electron chi connectivity index (χ4n) is 11.8. The van der Waals surface area contributed by atoms with Crippen LogP contribution < -0.4 is 0 Å². The van der Waals surface area contributed by atoms with Gasteiger partial charge in [0.1, 0.15) is 5.75 Å². The molecule has 9 rings (SSSR count). The van der Waals surface area contributed by atoms with Crippen molar-refractivity contribution in [2.24, 2.45) is 34.5 Å². The van der Waals surface area contributed by atoms with Crippen molar-refractivity contribution in [1.29, 1.82) is 0 Å². The van der Waals surface area contributed by atoms with E-state index in [2.05, 4.69) is 32.9 Å². The van der Waals surface area contributed by atoms with Crippen molar-refractivity contribution < 1.29 is 5.11 Å². The van der Waals surface area contributed by atoms with Gasteiger partial charge in [0.2, 0.25) is 0 Å². The first-order chi connectivity index (χ1) is 14.2. The van der Waals surface area contributed by atoms with Crippen LogP contribution in [0.5, 0.6) is 5.75 Å². The molecule has 1 heteroatoms. The van der Waals surface area contributed by atoms with Crippen LogP contribution in [0.15, 0.2) is 12.1 Å². The smallest absolute Gasteiger partial charge is 0.119 e. The standard InChI is InChI=1S/C29H40O/c1-18-4-24(29-14-21-6-22(15-29)11-27(3,10-21)17-29)25(30)7-23(18)28-12-19-5-20(13-28)9-26(2,8-19)16-28/h4,7,19-22,30H,5-6,8-17H2,1-3H3. The zero-order chi connectivity index (χ0) is 20.5. The average Bonchev–Trinajstić information content (AvgIpc) is 2.59. The number of phenols is 1. The Labute approximate surface area is 183 Å². The van der Waals surface area contributed by atoms with Crippen LogP contribution in [-0.2, 0) is 10.8 Å². The Morgan fingerprint density at radius 3 is 1.53 bits per heavy atom. The summed E-state index contributed by atoms with van der Waals surface area (Å²) < 4.78 is 0. The predicted molar refractivity (Wildman–Crippen MR) is 122 cm³/mol. The third-order valence-corrected chi connectivity index (χ3v) is 11.2. The van der Waals surface area contributed by atoms with Crippen LogP contribution in [-0.4, -0.2) is 5.11 Å². The van der Waals surface area contributed by atoms with Crippen LogP contribution in [0.1, 0.15) is 108 Å². The molecule has 162 valence electrons. The Bertz CT molecular complexity index is 821. The lowest BCUT2D eigenvalue weighted by molar-refractivity contribution is -0.0637. The van der Waals surface area contributed by atoms with Gasteiger partial charge >= 0.3 is 0 Å². The van der Waals surface area contributed by atoms with E-state index in [9.17, 15) is 5.11 Å². The molecule has 0 spiro atoms. The minimum Gasteiger partial charge on any atom is -0.508 e. The second-order valence-electron chi connectivity index (χ2n) is 14.3. The predicted octanol–water partition coefficient (Wildman–Crippen LogP) is 7.42. The maximum absolute atomic E-state index is 11.5. The summed E-state index contributed by atoms with van der Waals surface area (Å²) in [6.07, 6.45) is 16.8. The van der Waals surface area contributed by atoms with Gasteiger partial charge in [-0.2, -0.15) is 0 Å². The van der Waals surface area contributed by atoms with Gasteiger partial charge in [0, 0.05) is 11.0 Å². The molecule has 8 bridgehead atoms. The second-order valence-corrected chi connectivity index (χ2v) is 14.3. The number of hydrogen-bond acceptors (Lipinski definition) is 1. The van der Waals surface area contributed by atoms with Crippen LogP contribution in [0.4, 0.5) is 0 Å². The van der Waals surface area contributed by atoms with Crippen molar-refractivity contribution in [3.8, 4) is 5.75 Å². The highest BCUT2D eigenvalue weighted by Crippen LogP contribution is 2.68. The van der Waals surface area contributed by atoms with Crippen molar-refractivity contribution >= 4 is 0 Å². The van der Waals surface area contributed by atoms with E-state index in [-0.39, 0.29) is 5.41 Å². The molecule has 0 radical (unpaired) electrons. The Morgan fingerprint density at radius 1 is 0.667 bits per heavy atom. The fourth-order valence-corrected chi connectivity index (χ4v) is 11.8. The lowest BCUT2D eigenvalue weighted by atomic mass is 9.42. The molecule has 8 aliphatic carbocycles. The molecule has 8 fully saturated rings. The Balaban J connectivity index is 1.31. The summed E-state index contributed by atoms with van der Waals surface area (Å²) >= 11 is 0. The topological polar surface area (TPSA) is 20.2 Å². The second kappa shape index (κ2) is 5.49. The molecule has 0 aromatic heterocycles. The lowest BCUT2D eigenvalue weighted by Gasteiger charge is -2.62. The molecule has 1 aromatic rings. The molecule has 0 amide bonds. The maximum atomic E-state index is 11.5. The molecule has 0 aliphatic heterocycles. The van der Waals surface area contributed by atoms with Crippen LogP contribution in [0.3, 0.4) is 0 Å². The number of rotatable bonds is 2. The SMILES string of the molecule is Cc1cc(C23CC4CC(CC(C)(C4)C2)C3)c(O)cc1C12CC3CC(CC(C)(C3)C1)C2. The van der Waals surface area contributed by atoms with Gasteiger partial charge in [-0.25, -0.2) is 0 Å². The summed E-state index contributed by atoms with van der Waals surface area (Å²) in [4.78, 5) is 0.